The number of carbonyl (C=O) groups is 1. The van der Waals surface area contributed by atoms with Crippen molar-refractivity contribution in [2.24, 2.45) is 5.73 Å². The second kappa shape index (κ2) is 4.64. The van der Waals surface area contributed by atoms with Crippen LogP contribution in [0.25, 0.3) is 11.0 Å². The predicted octanol–water partition coefficient (Wildman–Crippen LogP) is 0.357. The number of anilines is 1. The van der Waals surface area contributed by atoms with Crippen LogP contribution in [-0.4, -0.2) is 41.8 Å². The second-order valence-electron chi connectivity index (χ2n) is 4.60. The fraction of sp³-hybridized carbons (Fsp3) is 0.385. The molecule has 0 saturated carbocycles. The van der Waals surface area contributed by atoms with Gasteiger partial charge in [-0.3, -0.25) is 9.69 Å². The van der Waals surface area contributed by atoms with E-state index in [0.29, 0.717) is 12.5 Å². The first-order valence-electron chi connectivity index (χ1n) is 6.23. The third-order valence-corrected chi connectivity index (χ3v) is 3.35. The van der Waals surface area contributed by atoms with Crippen LogP contribution < -0.4 is 10.6 Å². The van der Waals surface area contributed by atoms with E-state index in [1.807, 2.05) is 28.8 Å². The molecule has 0 radical (unpaired) electrons. The number of methoxy groups -OCH3 is 1. The highest BCUT2D eigenvalue weighted by Gasteiger charge is 2.31. The van der Waals surface area contributed by atoms with Crippen LogP contribution in [0.4, 0.5) is 5.95 Å². The lowest BCUT2D eigenvalue weighted by Gasteiger charge is -2.18. The number of ether oxygens (including phenoxy) is 1. The second-order valence-corrected chi connectivity index (χ2v) is 4.60. The molecular formula is C13H16N4O2. The molecule has 1 unspecified atom stereocenters. The Morgan fingerprint density at radius 2 is 2.26 bits per heavy atom. The van der Waals surface area contributed by atoms with Gasteiger partial charge < -0.3 is 15.0 Å². The van der Waals surface area contributed by atoms with Crippen LogP contribution in [0.2, 0.25) is 0 Å². The van der Waals surface area contributed by atoms with Crippen LogP contribution in [0.5, 0.6) is 0 Å². The number of fused-ring (bicyclic) bond motifs is 3. The van der Waals surface area contributed by atoms with E-state index in [1.165, 1.54) is 7.11 Å². The summed E-state index contributed by atoms with van der Waals surface area (Å²) in [6, 6.07) is 7.22. The Kier molecular flexibility index (Phi) is 2.96. The fourth-order valence-electron chi connectivity index (χ4n) is 2.45. The molecule has 0 fully saturated rings. The SMILES string of the molecule is COCC(N)C(=O)N1CCn2c1nc1ccccc12. The molecule has 6 heteroatoms. The van der Waals surface area contributed by atoms with Crippen LogP contribution in [-0.2, 0) is 16.1 Å². The van der Waals surface area contributed by atoms with E-state index >= 15 is 0 Å². The van der Waals surface area contributed by atoms with Crippen molar-refractivity contribution < 1.29 is 9.53 Å². The Balaban J connectivity index is 1.95. The highest BCUT2D eigenvalue weighted by molar-refractivity contribution is 5.98. The molecule has 0 spiro atoms. The summed E-state index contributed by atoms with van der Waals surface area (Å²) in [4.78, 5) is 18.4. The minimum Gasteiger partial charge on any atom is -0.383 e. The summed E-state index contributed by atoms with van der Waals surface area (Å²) in [5.74, 6) is 0.536. The van der Waals surface area contributed by atoms with E-state index in [0.717, 1.165) is 17.6 Å². The molecule has 1 atom stereocenters. The normalized spacial score (nSPS) is 15.8. The van der Waals surface area contributed by atoms with Gasteiger partial charge in [-0.1, -0.05) is 12.1 Å². The van der Waals surface area contributed by atoms with Gasteiger partial charge in [0.15, 0.2) is 0 Å². The molecule has 1 aromatic carbocycles. The van der Waals surface area contributed by atoms with Crippen LogP contribution in [0.15, 0.2) is 24.3 Å². The standard InChI is InChI=1S/C13H16N4O2/c1-19-8-9(14)12(18)17-7-6-16-11-5-3-2-4-10(11)15-13(16)17/h2-5,9H,6-8,14H2,1H3. The van der Waals surface area contributed by atoms with E-state index in [1.54, 1.807) is 4.90 Å². The van der Waals surface area contributed by atoms with E-state index in [4.69, 9.17) is 10.5 Å². The molecule has 0 aliphatic carbocycles. The molecule has 6 nitrogen and oxygen atoms in total. The highest BCUT2D eigenvalue weighted by atomic mass is 16.5. The lowest BCUT2D eigenvalue weighted by atomic mass is 10.3. The maximum Gasteiger partial charge on any atom is 0.248 e. The molecule has 0 saturated heterocycles. The van der Waals surface area contributed by atoms with Gasteiger partial charge in [-0.05, 0) is 12.1 Å². The molecule has 1 aliphatic rings. The summed E-state index contributed by atoms with van der Waals surface area (Å²) >= 11 is 0. The number of hydrogen-bond acceptors (Lipinski definition) is 4. The van der Waals surface area contributed by atoms with Crippen molar-refractivity contribution in [1.29, 1.82) is 0 Å². The molecule has 3 rings (SSSR count). The van der Waals surface area contributed by atoms with E-state index in [2.05, 4.69) is 4.98 Å². The van der Waals surface area contributed by atoms with Gasteiger partial charge in [-0.2, -0.15) is 0 Å². The Morgan fingerprint density at radius 3 is 3.05 bits per heavy atom. The monoisotopic (exact) mass is 260 g/mol. The van der Waals surface area contributed by atoms with Gasteiger partial charge in [0.25, 0.3) is 0 Å². The van der Waals surface area contributed by atoms with Crippen LogP contribution >= 0.6 is 0 Å². The molecule has 2 aromatic rings. The first-order chi connectivity index (χ1) is 9.22. The zero-order valence-electron chi connectivity index (χ0n) is 10.7. The Hall–Kier alpha value is -1.92. The summed E-state index contributed by atoms with van der Waals surface area (Å²) in [6.07, 6.45) is 0. The smallest absolute Gasteiger partial charge is 0.248 e. The quantitative estimate of drug-likeness (QED) is 0.864. The van der Waals surface area contributed by atoms with Crippen LogP contribution in [0.3, 0.4) is 0 Å². The number of nitrogens with two attached hydrogens (primary N) is 1. The third-order valence-electron chi connectivity index (χ3n) is 3.35. The zero-order chi connectivity index (χ0) is 13.4. The average molecular weight is 260 g/mol. The van der Waals surface area contributed by atoms with Gasteiger partial charge in [0, 0.05) is 20.2 Å². The Labute approximate surface area is 110 Å². The molecule has 1 aromatic heterocycles. The van der Waals surface area contributed by atoms with Crippen molar-refractivity contribution in [3.05, 3.63) is 24.3 Å². The first-order valence-corrected chi connectivity index (χ1v) is 6.23. The topological polar surface area (TPSA) is 73.4 Å². The number of aromatic nitrogens is 2. The molecular weight excluding hydrogens is 244 g/mol. The van der Waals surface area contributed by atoms with Gasteiger partial charge in [-0.25, -0.2) is 4.98 Å². The van der Waals surface area contributed by atoms with Crippen molar-refractivity contribution in [3.8, 4) is 0 Å². The minimum atomic E-state index is -0.642. The van der Waals surface area contributed by atoms with Crippen molar-refractivity contribution in [2.75, 3.05) is 25.2 Å². The van der Waals surface area contributed by atoms with E-state index in [9.17, 15) is 4.79 Å². The van der Waals surface area contributed by atoms with Gasteiger partial charge >= 0.3 is 0 Å². The van der Waals surface area contributed by atoms with Crippen LogP contribution in [0, 0.1) is 0 Å². The van der Waals surface area contributed by atoms with Gasteiger partial charge in [0.05, 0.1) is 17.6 Å². The number of para-hydroxylation sites is 2. The van der Waals surface area contributed by atoms with Crippen molar-refractivity contribution in [1.82, 2.24) is 9.55 Å². The molecule has 19 heavy (non-hydrogen) atoms. The lowest BCUT2D eigenvalue weighted by Crippen LogP contribution is -2.45. The number of imidazole rings is 1. The van der Waals surface area contributed by atoms with Crippen molar-refractivity contribution >= 4 is 22.9 Å². The number of carbonyl (C=O) groups excluding carboxylic acids is 1. The molecule has 0 bridgehead atoms. The first kappa shape index (κ1) is 12.1. The largest absolute Gasteiger partial charge is 0.383 e. The summed E-state index contributed by atoms with van der Waals surface area (Å²) in [6.45, 7) is 1.58. The summed E-state index contributed by atoms with van der Waals surface area (Å²) in [5.41, 5.74) is 7.75. The number of amides is 1. The average Bonchev–Trinajstić information content (AvgIpc) is 2.96. The maximum absolute atomic E-state index is 12.2. The number of hydrogen-bond donors (Lipinski definition) is 1. The molecule has 2 N–H and O–H groups in total. The minimum absolute atomic E-state index is 0.143. The lowest BCUT2D eigenvalue weighted by molar-refractivity contribution is -0.120. The zero-order valence-corrected chi connectivity index (χ0v) is 10.7. The van der Waals surface area contributed by atoms with Crippen molar-refractivity contribution in [3.63, 3.8) is 0 Å². The molecule has 100 valence electrons. The fourth-order valence-corrected chi connectivity index (χ4v) is 2.45. The summed E-state index contributed by atoms with van der Waals surface area (Å²) in [7, 11) is 1.53. The molecule has 1 amide bonds. The van der Waals surface area contributed by atoms with Gasteiger partial charge in [0.1, 0.15) is 6.04 Å². The molecule has 1 aliphatic heterocycles. The summed E-state index contributed by atoms with van der Waals surface area (Å²) in [5, 5.41) is 0. The Morgan fingerprint density at radius 1 is 1.47 bits per heavy atom. The van der Waals surface area contributed by atoms with Crippen LogP contribution in [0.1, 0.15) is 0 Å². The summed E-state index contributed by atoms with van der Waals surface area (Å²) < 4.78 is 6.98. The highest BCUT2D eigenvalue weighted by Crippen LogP contribution is 2.27. The number of benzene rings is 1. The Bertz CT molecular complexity index is 622. The number of rotatable bonds is 3. The predicted molar refractivity (Wildman–Crippen MR) is 71.9 cm³/mol. The van der Waals surface area contributed by atoms with Crippen molar-refractivity contribution in [2.45, 2.75) is 12.6 Å². The van der Waals surface area contributed by atoms with E-state index < -0.39 is 6.04 Å². The van der Waals surface area contributed by atoms with Gasteiger partial charge in [-0.15, -0.1) is 0 Å². The third kappa shape index (κ3) is 1.89. The maximum atomic E-state index is 12.2. The van der Waals surface area contributed by atoms with Gasteiger partial charge in [0.2, 0.25) is 11.9 Å². The number of nitrogens with zero attached hydrogens (tertiary/aromatic N) is 3. The molecule has 2 heterocycles. The van der Waals surface area contributed by atoms with E-state index in [-0.39, 0.29) is 12.5 Å².